The van der Waals surface area contributed by atoms with Gasteiger partial charge in [-0.05, 0) is 31.7 Å². The zero-order valence-electron chi connectivity index (χ0n) is 13.4. The van der Waals surface area contributed by atoms with Crippen LogP contribution in [0.3, 0.4) is 0 Å². The van der Waals surface area contributed by atoms with Crippen LogP contribution in [0.4, 0.5) is 0 Å². The van der Waals surface area contributed by atoms with Crippen LogP contribution in [-0.4, -0.2) is 31.1 Å². The molecule has 0 spiro atoms. The van der Waals surface area contributed by atoms with Crippen molar-refractivity contribution in [3.63, 3.8) is 0 Å². The number of rotatable bonds is 5. The maximum Gasteiger partial charge on any atom is 0.272 e. The highest BCUT2D eigenvalue weighted by molar-refractivity contribution is 7.17. The molecule has 0 aliphatic carbocycles. The minimum Gasteiger partial charge on any atom is -0.354 e. The molecule has 1 N–H and O–H groups in total. The summed E-state index contributed by atoms with van der Waals surface area (Å²) in [4.78, 5) is 24.0. The van der Waals surface area contributed by atoms with E-state index in [1.807, 2.05) is 29.7 Å². The van der Waals surface area contributed by atoms with Gasteiger partial charge in [0.2, 0.25) is 11.7 Å². The van der Waals surface area contributed by atoms with Crippen LogP contribution in [-0.2, 0) is 18.3 Å². The van der Waals surface area contributed by atoms with Crippen LogP contribution in [0.25, 0.3) is 16.0 Å². The van der Waals surface area contributed by atoms with E-state index in [1.165, 1.54) is 15.9 Å². The maximum absolute atomic E-state index is 12.3. The summed E-state index contributed by atoms with van der Waals surface area (Å²) in [7, 11) is 1.70. The molecule has 3 aromatic heterocycles. The lowest BCUT2D eigenvalue weighted by molar-refractivity contribution is -0.121. The minimum absolute atomic E-state index is 0.0434. The first-order valence-corrected chi connectivity index (χ1v) is 8.46. The van der Waals surface area contributed by atoms with Gasteiger partial charge in [0, 0.05) is 25.9 Å². The van der Waals surface area contributed by atoms with Crippen LogP contribution < -0.4 is 10.9 Å². The number of hydrogen-bond donors (Lipinski definition) is 1. The van der Waals surface area contributed by atoms with Crippen LogP contribution in [0.5, 0.6) is 0 Å². The number of carbonyl (C=O) groups excluding carboxylic acids is 1. The molecular formula is C15H19N5O2S. The molecule has 0 fully saturated rings. The van der Waals surface area contributed by atoms with E-state index in [1.54, 1.807) is 7.05 Å². The van der Waals surface area contributed by atoms with Gasteiger partial charge in [0.05, 0.1) is 5.52 Å². The lowest BCUT2D eigenvalue weighted by Gasteiger charge is -2.08. The molecule has 0 aromatic carbocycles. The van der Waals surface area contributed by atoms with Crippen molar-refractivity contribution in [3.8, 4) is 0 Å². The Morgan fingerprint density at radius 1 is 1.39 bits per heavy atom. The molecular weight excluding hydrogens is 314 g/mol. The first-order chi connectivity index (χ1) is 11.0. The molecule has 3 rings (SSSR count). The van der Waals surface area contributed by atoms with E-state index in [4.69, 9.17) is 0 Å². The number of aryl methyl sites for hydroxylation is 2. The zero-order valence-corrected chi connectivity index (χ0v) is 14.2. The van der Waals surface area contributed by atoms with Gasteiger partial charge >= 0.3 is 0 Å². The minimum atomic E-state index is -0.0576. The Bertz CT molecular complexity index is 921. The van der Waals surface area contributed by atoms with E-state index in [0.717, 1.165) is 11.3 Å². The summed E-state index contributed by atoms with van der Waals surface area (Å²) >= 11 is 1.42. The second-order valence-corrected chi connectivity index (χ2v) is 6.74. The molecule has 3 aromatic rings. The number of nitrogens with one attached hydrogen (secondary N) is 1. The van der Waals surface area contributed by atoms with Crippen LogP contribution in [0.2, 0.25) is 0 Å². The summed E-state index contributed by atoms with van der Waals surface area (Å²) in [6.07, 6.45) is 1.77. The molecule has 0 saturated carbocycles. The quantitative estimate of drug-likeness (QED) is 0.767. The third kappa shape index (κ3) is 2.86. The third-order valence-corrected chi connectivity index (χ3v) is 4.54. The van der Waals surface area contributed by atoms with Crippen LogP contribution in [0.1, 0.15) is 32.5 Å². The normalized spacial score (nSPS) is 11.7. The topological polar surface area (TPSA) is 81.3 Å². The predicted octanol–water partition coefficient (Wildman–Crippen LogP) is 1.49. The van der Waals surface area contributed by atoms with Gasteiger partial charge in [-0.15, -0.1) is 21.5 Å². The van der Waals surface area contributed by atoms with Gasteiger partial charge in [-0.2, -0.15) is 0 Å². The van der Waals surface area contributed by atoms with Crippen molar-refractivity contribution in [2.24, 2.45) is 7.05 Å². The molecule has 0 aliphatic heterocycles. The van der Waals surface area contributed by atoms with E-state index in [-0.39, 0.29) is 17.5 Å². The molecule has 8 heteroatoms. The number of fused-ring (bicyclic) bond motifs is 3. The van der Waals surface area contributed by atoms with Crippen molar-refractivity contribution in [1.82, 2.24) is 24.5 Å². The van der Waals surface area contributed by atoms with Crippen molar-refractivity contribution in [1.29, 1.82) is 0 Å². The van der Waals surface area contributed by atoms with Crippen molar-refractivity contribution >= 4 is 33.2 Å². The van der Waals surface area contributed by atoms with E-state index in [9.17, 15) is 9.59 Å². The average Bonchev–Trinajstić information content (AvgIpc) is 3.10. The number of carbonyl (C=O) groups is 1. The molecule has 0 unspecified atom stereocenters. The lowest BCUT2D eigenvalue weighted by atomic mass is 10.2. The van der Waals surface area contributed by atoms with Gasteiger partial charge in [0.15, 0.2) is 0 Å². The first-order valence-electron chi connectivity index (χ1n) is 7.58. The Morgan fingerprint density at radius 3 is 2.91 bits per heavy atom. The largest absolute Gasteiger partial charge is 0.354 e. The molecule has 122 valence electrons. The van der Waals surface area contributed by atoms with Gasteiger partial charge in [-0.3, -0.25) is 18.6 Å². The fourth-order valence-electron chi connectivity index (χ4n) is 2.62. The highest BCUT2D eigenvalue weighted by Crippen LogP contribution is 2.19. The molecule has 0 bridgehead atoms. The number of thiophene rings is 1. The molecule has 0 saturated heterocycles. The molecule has 3 heterocycles. The Hall–Kier alpha value is -2.22. The van der Waals surface area contributed by atoms with Crippen LogP contribution in [0.15, 0.2) is 16.2 Å². The molecule has 0 radical (unpaired) electrons. The summed E-state index contributed by atoms with van der Waals surface area (Å²) in [6, 6.07) is 2.06. The second kappa shape index (κ2) is 6.11. The molecule has 23 heavy (non-hydrogen) atoms. The van der Waals surface area contributed by atoms with E-state index >= 15 is 0 Å². The second-order valence-electron chi connectivity index (χ2n) is 5.83. The van der Waals surface area contributed by atoms with Crippen LogP contribution >= 0.6 is 11.3 Å². The van der Waals surface area contributed by atoms with E-state index in [0.29, 0.717) is 29.7 Å². The van der Waals surface area contributed by atoms with Gasteiger partial charge < -0.3 is 5.32 Å². The monoisotopic (exact) mass is 333 g/mol. The number of amides is 1. The Labute approximate surface area is 137 Å². The summed E-state index contributed by atoms with van der Waals surface area (Å²) < 4.78 is 4.12. The zero-order chi connectivity index (χ0) is 16.6. The maximum atomic E-state index is 12.3. The van der Waals surface area contributed by atoms with Gasteiger partial charge in [0.25, 0.3) is 5.56 Å². The predicted molar refractivity (Wildman–Crippen MR) is 89.8 cm³/mol. The van der Waals surface area contributed by atoms with Crippen molar-refractivity contribution in [3.05, 3.63) is 27.6 Å². The van der Waals surface area contributed by atoms with Crippen molar-refractivity contribution in [2.75, 3.05) is 0 Å². The van der Waals surface area contributed by atoms with Gasteiger partial charge in [0.1, 0.15) is 10.5 Å². The Morgan fingerprint density at radius 2 is 2.17 bits per heavy atom. The molecule has 0 atom stereocenters. The van der Waals surface area contributed by atoms with Crippen molar-refractivity contribution in [2.45, 2.75) is 39.2 Å². The summed E-state index contributed by atoms with van der Waals surface area (Å²) in [6.45, 7) is 3.88. The smallest absolute Gasteiger partial charge is 0.272 e. The molecule has 7 nitrogen and oxygen atoms in total. The summed E-state index contributed by atoms with van der Waals surface area (Å²) in [5.41, 5.74) is 0.775. The summed E-state index contributed by atoms with van der Waals surface area (Å²) in [5.74, 6) is 1.35. The standard InChI is InChI=1S/C15H19N5O2S/c1-9(2)16-12(21)6-4-5-11-17-18-15-19(3)14(22)13-10(20(11)15)7-8-23-13/h7-9H,4-6H2,1-3H3,(H,16,21). The highest BCUT2D eigenvalue weighted by atomic mass is 32.1. The van der Waals surface area contributed by atoms with E-state index < -0.39 is 0 Å². The van der Waals surface area contributed by atoms with Gasteiger partial charge in [-0.25, -0.2) is 0 Å². The third-order valence-electron chi connectivity index (χ3n) is 3.65. The lowest BCUT2D eigenvalue weighted by Crippen LogP contribution is -2.29. The Balaban J connectivity index is 1.88. The molecule has 1 amide bonds. The Kier molecular flexibility index (Phi) is 4.16. The first kappa shape index (κ1) is 15.7. The highest BCUT2D eigenvalue weighted by Gasteiger charge is 2.15. The van der Waals surface area contributed by atoms with Gasteiger partial charge in [-0.1, -0.05) is 0 Å². The number of aromatic nitrogens is 4. The average molecular weight is 333 g/mol. The SMILES string of the molecule is CC(C)NC(=O)CCCc1nnc2n(C)c(=O)c3sccc3n12. The fraction of sp³-hybridized carbons (Fsp3) is 0.467. The number of nitrogens with zero attached hydrogens (tertiary/aromatic N) is 4. The number of hydrogen-bond acceptors (Lipinski definition) is 5. The molecule has 0 aliphatic rings. The van der Waals surface area contributed by atoms with Crippen molar-refractivity contribution < 1.29 is 4.79 Å². The fourth-order valence-corrected chi connectivity index (χ4v) is 3.47. The summed E-state index contributed by atoms with van der Waals surface area (Å²) in [5, 5.41) is 13.1. The van der Waals surface area contributed by atoms with E-state index in [2.05, 4.69) is 15.5 Å². The van der Waals surface area contributed by atoms with Crippen LogP contribution in [0, 0.1) is 0 Å².